The summed E-state index contributed by atoms with van der Waals surface area (Å²) in [6, 6.07) is 17.3. The molecule has 2 saturated carbocycles. The summed E-state index contributed by atoms with van der Waals surface area (Å²) in [6.45, 7) is 2.06. The van der Waals surface area contributed by atoms with Gasteiger partial charge in [0.2, 0.25) is 5.91 Å². The summed E-state index contributed by atoms with van der Waals surface area (Å²) < 4.78 is 8.05. The summed E-state index contributed by atoms with van der Waals surface area (Å²) in [5.41, 5.74) is 5.07. The van der Waals surface area contributed by atoms with Gasteiger partial charge in [0.15, 0.2) is 0 Å². The minimum Gasteiger partial charge on any atom is -0.488 e. The number of pyridine rings is 1. The van der Waals surface area contributed by atoms with Crippen LogP contribution in [0.5, 0.6) is 5.75 Å². The molecule has 0 spiro atoms. The minimum atomic E-state index is -1.02. The molecular weight excluding hydrogens is 568 g/mol. The van der Waals surface area contributed by atoms with Gasteiger partial charge in [0.25, 0.3) is 5.91 Å². The van der Waals surface area contributed by atoms with Gasteiger partial charge in [-0.15, -0.1) is 0 Å². The molecule has 2 aliphatic carbocycles. The third kappa shape index (κ3) is 5.26. The molecule has 9 heteroatoms. The van der Waals surface area contributed by atoms with Gasteiger partial charge in [-0.2, -0.15) is 0 Å². The first kappa shape index (κ1) is 28.8. The number of nitrogens with zero attached hydrogens (tertiary/aromatic N) is 2. The fourth-order valence-electron chi connectivity index (χ4n) is 7.00. The Balaban J connectivity index is 1.15. The highest BCUT2D eigenvalue weighted by atomic mass is 16.5. The number of aromatic nitrogens is 2. The summed E-state index contributed by atoms with van der Waals surface area (Å²) in [4.78, 5) is 43.3. The van der Waals surface area contributed by atoms with Crippen LogP contribution in [0.15, 0.2) is 66.4 Å². The van der Waals surface area contributed by atoms with Crippen molar-refractivity contribution < 1.29 is 24.2 Å². The monoisotopic (exact) mass is 604 g/mol. The number of hydrogen-bond acceptors (Lipinski definition) is 5. The molecular formula is C36H36N4O5. The van der Waals surface area contributed by atoms with Crippen LogP contribution < -0.4 is 15.4 Å². The smallest absolute Gasteiger partial charge is 0.335 e. The van der Waals surface area contributed by atoms with Crippen molar-refractivity contribution in [3.63, 3.8) is 0 Å². The molecule has 1 aliphatic heterocycles. The normalized spacial score (nSPS) is 17.4. The second-order valence-corrected chi connectivity index (χ2v) is 12.4. The van der Waals surface area contributed by atoms with Crippen LogP contribution in [0.25, 0.3) is 28.4 Å². The molecule has 2 amide bonds. The molecule has 7 rings (SSSR count). The van der Waals surface area contributed by atoms with Crippen LogP contribution in [-0.2, 0) is 9.59 Å². The number of carboxylic acids is 1. The number of carboxylic acid groups (broad SMARTS) is 1. The van der Waals surface area contributed by atoms with Gasteiger partial charge in [-0.25, -0.2) is 4.79 Å². The summed E-state index contributed by atoms with van der Waals surface area (Å²) >= 11 is 0. The lowest BCUT2D eigenvalue weighted by Crippen LogP contribution is -2.61. The van der Waals surface area contributed by atoms with Gasteiger partial charge in [-0.3, -0.25) is 14.6 Å². The van der Waals surface area contributed by atoms with E-state index in [1.54, 1.807) is 24.3 Å². The standard InChI is InChI=1S/C36H36N4O5/c1-22-28-19-24(12-14-30(28)40(27-8-3-2-4-9-27)32(22)29-10-5-6-17-37-29)33(41)39-36(15-7-16-36)35(44)38-26-13-11-23-18-25(34(42)43)21-45-31(23)20-26/h5-6,10-14,17-20,27H,2-4,7-9,15-16,21H2,1H3,(H,38,44)(H,39,41)(H,42,43). The summed E-state index contributed by atoms with van der Waals surface area (Å²) in [5.74, 6) is -1.09. The number of aryl methyl sites for hydroxylation is 1. The number of ether oxygens (including phenoxy) is 1. The molecule has 230 valence electrons. The van der Waals surface area contributed by atoms with Gasteiger partial charge in [-0.05, 0) is 93.1 Å². The van der Waals surface area contributed by atoms with Crippen LogP contribution in [0.1, 0.15) is 78.9 Å². The molecule has 2 aromatic carbocycles. The van der Waals surface area contributed by atoms with Crippen molar-refractivity contribution in [1.29, 1.82) is 0 Å². The van der Waals surface area contributed by atoms with Crippen molar-refractivity contribution in [3.05, 3.63) is 83.1 Å². The number of carbonyl (C=O) groups is 3. The zero-order valence-corrected chi connectivity index (χ0v) is 25.3. The topological polar surface area (TPSA) is 123 Å². The molecule has 9 nitrogen and oxygen atoms in total. The van der Waals surface area contributed by atoms with Gasteiger partial charge >= 0.3 is 5.97 Å². The number of anilines is 1. The van der Waals surface area contributed by atoms with Gasteiger partial charge in [0.1, 0.15) is 17.9 Å². The number of fused-ring (bicyclic) bond motifs is 2. The zero-order chi connectivity index (χ0) is 31.1. The van der Waals surface area contributed by atoms with E-state index in [1.807, 2.05) is 42.6 Å². The van der Waals surface area contributed by atoms with Crippen LogP contribution in [0.4, 0.5) is 5.69 Å². The average Bonchev–Trinajstić information content (AvgIpc) is 3.34. The molecule has 3 aliphatic rings. The van der Waals surface area contributed by atoms with Gasteiger partial charge in [0, 0.05) is 46.0 Å². The number of rotatable bonds is 7. The second kappa shape index (κ2) is 11.5. The van der Waals surface area contributed by atoms with E-state index in [0.29, 0.717) is 41.4 Å². The fourth-order valence-corrected chi connectivity index (χ4v) is 7.00. The highest BCUT2D eigenvalue weighted by Gasteiger charge is 2.45. The van der Waals surface area contributed by atoms with E-state index < -0.39 is 11.5 Å². The molecule has 0 unspecified atom stereocenters. The van der Waals surface area contributed by atoms with Crippen molar-refractivity contribution in [1.82, 2.24) is 14.9 Å². The molecule has 3 N–H and O–H groups in total. The Labute approximate surface area is 261 Å². The third-order valence-corrected chi connectivity index (χ3v) is 9.62. The average molecular weight is 605 g/mol. The molecule has 0 radical (unpaired) electrons. The lowest BCUT2D eigenvalue weighted by molar-refractivity contribution is -0.133. The molecule has 45 heavy (non-hydrogen) atoms. The molecule has 2 aromatic heterocycles. The van der Waals surface area contributed by atoms with Crippen LogP contribution in [0.2, 0.25) is 0 Å². The van der Waals surface area contributed by atoms with Gasteiger partial charge in [0.05, 0.1) is 17.0 Å². The summed E-state index contributed by atoms with van der Waals surface area (Å²) in [6.07, 6.45) is 11.2. The van der Waals surface area contributed by atoms with E-state index in [2.05, 4.69) is 22.1 Å². The number of aliphatic carboxylic acids is 1. The van der Waals surface area contributed by atoms with Crippen molar-refractivity contribution in [2.45, 2.75) is 69.9 Å². The maximum atomic E-state index is 13.7. The van der Waals surface area contributed by atoms with Crippen molar-refractivity contribution >= 4 is 40.4 Å². The fraction of sp³-hybridized carbons (Fsp3) is 0.333. The molecule has 2 fully saturated rings. The maximum Gasteiger partial charge on any atom is 0.335 e. The molecule has 0 saturated heterocycles. The number of nitrogens with one attached hydrogen (secondary N) is 2. The number of carbonyl (C=O) groups excluding carboxylic acids is 2. The molecule has 4 aromatic rings. The summed E-state index contributed by atoms with van der Waals surface area (Å²) in [7, 11) is 0. The Hall–Kier alpha value is -4.92. The number of amides is 2. The minimum absolute atomic E-state index is 0.0447. The predicted molar refractivity (Wildman–Crippen MR) is 172 cm³/mol. The van der Waals surface area contributed by atoms with Crippen LogP contribution in [0.3, 0.4) is 0 Å². The number of benzene rings is 2. The van der Waals surface area contributed by atoms with E-state index in [9.17, 15) is 19.5 Å². The van der Waals surface area contributed by atoms with Gasteiger partial charge < -0.3 is 25.0 Å². The third-order valence-electron chi connectivity index (χ3n) is 9.62. The lowest BCUT2D eigenvalue weighted by atomic mass is 9.75. The van der Waals surface area contributed by atoms with E-state index in [4.69, 9.17) is 9.72 Å². The quantitative estimate of drug-likeness (QED) is 0.217. The Morgan fingerprint density at radius 3 is 2.53 bits per heavy atom. The maximum absolute atomic E-state index is 13.7. The highest BCUT2D eigenvalue weighted by molar-refractivity contribution is 6.06. The Bertz CT molecular complexity index is 1850. The zero-order valence-electron chi connectivity index (χ0n) is 25.3. The van der Waals surface area contributed by atoms with E-state index >= 15 is 0 Å². The van der Waals surface area contributed by atoms with E-state index in [1.165, 1.54) is 19.3 Å². The second-order valence-electron chi connectivity index (χ2n) is 12.4. The van der Waals surface area contributed by atoms with Crippen LogP contribution in [-0.4, -0.2) is 44.6 Å². The van der Waals surface area contributed by atoms with E-state index in [-0.39, 0.29) is 24.0 Å². The largest absolute Gasteiger partial charge is 0.488 e. The summed E-state index contributed by atoms with van der Waals surface area (Å²) in [5, 5.41) is 16.3. The van der Waals surface area contributed by atoms with Crippen LogP contribution in [0, 0.1) is 6.92 Å². The van der Waals surface area contributed by atoms with Crippen molar-refractivity contribution in [2.24, 2.45) is 0 Å². The van der Waals surface area contributed by atoms with Crippen LogP contribution >= 0.6 is 0 Å². The highest BCUT2D eigenvalue weighted by Crippen LogP contribution is 2.41. The first-order valence-electron chi connectivity index (χ1n) is 15.7. The lowest BCUT2D eigenvalue weighted by Gasteiger charge is -2.40. The van der Waals surface area contributed by atoms with Gasteiger partial charge in [-0.1, -0.05) is 25.3 Å². The Morgan fingerprint density at radius 2 is 1.82 bits per heavy atom. The SMILES string of the molecule is Cc1c(-c2ccccn2)n(C2CCCCC2)c2ccc(C(=O)NC3(C(=O)Nc4ccc5c(c4)OCC(C(=O)O)=C5)CCC3)cc12. The molecule has 0 atom stereocenters. The first-order valence-corrected chi connectivity index (χ1v) is 15.7. The first-order chi connectivity index (χ1) is 21.8. The van der Waals surface area contributed by atoms with Crippen molar-refractivity contribution in [2.75, 3.05) is 11.9 Å². The molecule has 0 bridgehead atoms. The van der Waals surface area contributed by atoms with Crippen molar-refractivity contribution in [3.8, 4) is 17.1 Å². The molecule has 3 heterocycles. The predicted octanol–water partition coefficient (Wildman–Crippen LogP) is 6.67. The number of hydrogen-bond donors (Lipinski definition) is 3. The Kier molecular flexibility index (Phi) is 7.39. The van der Waals surface area contributed by atoms with E-state index in [0.717, 1.165) is 47.1 Å². The Morgan fingerprint density at radius 1 is 1.00 bits per heavy atom.